The van der Waals surface area contributed by atoms with Gasteiger partial charge >= 0.3 is 0 Å². The third-order valence-electron chi connectivity index (χ3n) is 6.84. The zero-order chi connectivity index (χ0) is 25.6. The zero-order valence-corrected chi connectivity index (χ0v) is 22.4. The molecule has 0 unspecified atom stereocenters. The molecule has 0 bridgehead atoms. The Hall–Kier alpha value is -2.82. The second-order valence-corrected chi connectivity index (χ2v) is 10.5. The van der Waals surface area contributed by atoms with E-state index in [2.05, 4.69) is 33.0 Å². The molecule has 2 aliphatic rings. The smallest absolute Gasteiger partial charge is 0.154 e. The highest BCUT2D eigenvalue weighted by Crippen LogP contribution is 2.37. The predicted molar refractivity (Wildman–Crippen MR) is 151 cm³/mol. The Balaban J connectivity index is 1.41. The van der Waals surface area contributed by atoms with Crippen molar-refractivity contribution in [3.05, 3.63) is 58.5 Å². The first-order valence-electron chi connectivity index (χ1n) is 12.8. The molecule has 0 amide bonds. The number of nitrogens with two attached hydrogens (primary N) is 1. The van der Waals surface area contributed by atoms with Crippen LogP contribution in [-0.4, -0.2) is 75.8 Å². The Kier molecular flexibility index (Phi) is 8.48. The summed E-state index contributed by atoms with van der Waals surface area (Å²) in [6.45, 7) is 9.66. The van der Waals surface area contributed by atoms with Gasteiger partial charge in [-0.05, 0) is 36.3 Å². The third kappa shape index (κ3) is 6.37. The summed E-state index contributed by atoms with van der Waals surface area (Å²) >= 11 is 1.83. The predicted octanol–water partition coefficient (Wildman–Crippen LogP) is 4.37. The highest BCUT2D eigenvalue weighted by Gasteiger charge is 2.19. The lowest BCUT2D eigenvalue weighted by atomic mass is 10.0. The first-order valence-corrected chi connectivity index (χ1v) is 13.6. The maximum atomic E-state index is 6.37. The first-order chi connectivity index (χ1) is 18.1. The number of rotatable bonds is 8. The molecule has 0 spiro atoms. The molecule has 5 rings (SSSR count). The number of aromatic nitrogens is 1. The van der Waals surface area contributed by atoms with Gasteiger partial charge in [0.15, 0.2) is 5.82 Å². The van der Waals surface area contributed by atoms with Crippen molar-refractivity contribution in [2.75, 3.05) is 64.6 Å². The van der Waals surface area contributed by atoms with Crippen LogP contribution < -0.4 is 10.6 Å². The number of ether oxygens (including phenoxy) is 3. The van der Waals surface area contributed by atoms with Crippen LogP contribution in [0.3, 0.4) is 0 Å². The standard InChI is InChI=1S/C28H35N5O3S/c1-20(34-2)21-4-3-5-22(16-21)24(29)6-7-30-27-18-26(33-10-14-36-15-11-33)28-25(31-27)17-23(37-28)19-32-8-12-35-13-9-32/h3-7,16-18,20H,8-15,19,29H2,1-2H3/b24-6-,30-7?/t20-/m0/s1. The molecule has 196 valence electrons. The van der Waals surface area contributed by atoms with E-state index in [9.17, 15) is 0 Å². The van der Waals surface area contributed by atoms with Crippen molar-refractivity contribution in [2.45, 2.75) is 19.6 Å². The Labute approximate surface area is 222 Å². The van der Waals surface area contributed by atoms with Gasteiger partial charge in [-0.3, -0.25) is 4.90 Å². The summed E-state index contributed by atoms with van der Waals surface area (Å²) in [5.41, 5.74) is 11.2. The third-order valence-corrected chi connectivity index (χ3v) is 7.97. The van der Waals surface area contributed by atoms with Gasteiger partial charge in [0, 0.05) is 62.7 Å². The number of pyridine rings is 1. The SMILES string of the molecule is CO[C@@H](C)c1cccc(/C(N)=C/C=Nc2cc(N3CCOCC3)c3sc(CN4CCOCC4)cc3n2)c1. The monoisotopic (exact) mass is 521 g/mol. The molecule has 8 nitrogen and oxygen atoms in total. The molecule has 2 N–H and O–H groups in total. The maximum absolute atomic E-state index is 6.37. The van der Waals surface area contributed by atoms with Crippen molar-refractivity contribution in [3.63, 3.8) is 0 Å². The van der Waals surface area contributed by atoms with E-state index >= 15 is 0 Å². The van der Waals surface area contributed by atoms with Crippen LogP contribution in [-0.2, 0) is 20.8 Å². The van der Waals surface area contributed by atoms with Gasteiger partial charge in [-0.2, -0.15) is 0 Å². The van der Waals surface area contributed by atoms with Crippen LogP contribution in [0.5, 0.6) is 0 Å². The highest BCUT2D eigenvalue weighted by molar-refractivity contribution is 7.19. The van der Waals surface area contributed by atoms with E-state index in [0.29, 0.717) is 11.5 Å². The summed E-state index contributed by atoms with van der Waals surface area (Å²) in [5.74, 6) is 0.676. The van der Waals surface area contributed by atoms with Gasteiger partial charge in [-0.15, -0.1) is 11.3 Å². The van der Waals surface area contributed by atoms with Gasteiger partial charge in [0.1, 0.15) is 0 Å². The molecule has 9 heteroatoms. The van der Waals surface area contributed by atoms with Crippen molar-refractivity contribution in [3.8, 4) is 0 Å². The summed E-state index contributed by atoms with van der Waals surface area (Å²) in [6, 6.07) is 12.4. The maximum Gasteiger partial charge on any atom is 0.154 e. The number of aliphatic imine (C=N–C) groups is 1. The average Bonchev–Trinajstić information content (AvgIpc) is 3.35. The van der Waals surface area contributed by atoms with Crippen molar-refractivity contribution < 1.29 is 14.2 Å². The quantitative estimate of drug-likeness (QED) is 0.441. The second-order valence-electron chi connectivity index (χ2n) is 9.32. The van der Waals surface area contributed by atoms with Crippen LogP contribution in [0.4, 0.5) is 11.5 Å². The van der Waals surface area contributed by atoms with Gasteiger partial charge in [-0.25, -0.2) is 9.98 Å². The van der Waals surface area contributed by atoms with E-state index in [4.69, 9.17) is 24.9 Å². The summed E-state index contributed by atoms with van der Waals surface area (Å²) in [4.78, 5) is 15.7. The molecule has 3 aromatic rings. The molecular weight excluding hydrogens is 486 g/mol. The molecule has 0 aliphatic carbocycles. The van der Waals surface area contributed by atoms with Crippen LogP contribution in [0.1, 0.15) is 29.0 Å². The van der Waals surface area contributed by atoms with Crippen LogP contribution >= 0.6 is 11.3 Å². The molecule has 1 aromatic carbocycles. The number of morpholine rings is 2. The Morgan fingerprint density at radius 3 is 2.65 bits per heavy atom. The Morgan fingerprint density at radius 2 is 1.89 bits per heavy atom. The molecule has 37 heavy (non-hydrogen) atoms. The van der Waals surface area contributed by atoms with Crippen LogP contribution in [0.2, 0.25) is 0 Å². The van der Waals surface area contributed by atoms with E-state index < -0.39 is 0 Å². The van der Waals surface area contributed by atoms with Crippen LogP contribution in [0, 0.1) is 0 Å². The van der Waals surface area contributed by atoms with E-state index in [1.54, 1.807) is 13.3 Å². The van der Waals surface area contributed by atoms with Gasteiger partial charge in [0.2, 0.25) is 0 Å². The van der Waals surface area contributed by atoms with Crippen LogP contribution in [0.25, 0.3) is 15.9 Å². The number of allylic oxidation sites excluding steroid dienone is 1. The molecule has 2 fully saturated rings. The number of thiophene rings is 1. The van der Waals surface area contributed by atoms with Crippen molar-refractivity contribution in [1.29, 1.82) is 0 Å². The van der Waals surface area contributed by atoms with Gasteiger partial charge in [0.05, 0.1) is 48.4 Å². The molecule has 1 atom stereocenters. The van der Waals surface area contributed by atoms with E-state index in [1.807, 2.05) is 42.5 Å². The van der Waals surface area contributed by atoms with Crippen molar-refractivity contribution >= 4 is 45.0 Å². The van der Waals surface area contributed by atoms with Crippen molar-refractivity contribution in [2.24, 2.45) is 10.7 Å². The minimum absolute atomic E-state index is 0.00898. The van der Waals surface area contributed by atoms with Gasteiger partial charge < -0.3 is 24.8 Å². The molecule has 0 radical (unpaired) electrons. The van der Waals surface area contributed by atoms with Gasteiger partial charge in [0.25, 0.3) is 0 Å². The zero-order valence-electron chi connectivity index (χ0n) is 21.6. The number of methoxy groups -OCH3 is 1. The molecule has 2 saturated heterocycles. The number of hydrogen-bond acceptors (Lipinski definition) is 9. The Bertz CT molecular complexity index is 1260. The second kappa shape index (κ2) is 12.1. The molecular formula is C28H35N5O3S. The van der Waals surface area contributed by atoms with E-state index in [1.165, 1.54) is 15.3 Å². The summed E-state index contributed by atoms with van der Waals surface area (Å²) < 4.78 is 17.8. The lowest BCUT2D eigenvalue weighted by molar-refractivity contribution is 0.0346. The number of benzene rings is 1. The minimum atomic E-state index is 0.00898. The summed E-state index contributed by atoms with van der Waals surface area (Å²) in [6.07, 6.45) is 3.57. The summed E-state index contributed by atoms with van der Waals surface area (Å²) in [5, 5.41) is 0. The van der Waals surface area contributed by atoms with Crippen LogP contribution in [0.15, 0.2) is 47.5 Å². The number of anilines is 1. The molecule has 2 aromatic heterocycles. The van der Waals surface area contributed by atoms with E-state index in [-0.39, 0.29) is 6.10 Å². The van der Waals surface area contributed by atoms with Crippen molar-refractivity contribution in [1.82, 2.24) is 9.88 Å². The highest BCUT2D eigenvalue weighted by atomic mass is 32.1. The topological polar surface area (TPSA) is 85.4 Å². The van der Waals surface area contributed by atoms with Gasteiger partial charge in [-0.1, -0.05) is 18.2 Å². The Morgan fingerprint density at radius 1 is 1.14 bits per heavy atom. The molecule has 0 saturated carbocycles. The lowest BCUT2D eigenvalue weighted by Crippen LogP contribution is -2.36. The summed E-state index contributed by atoms with van der Waals surface area (Å²) in [7, 11) is 1.71. The number of nitrogens with zero attached hydrogens (tertiary/aromatic N) is 4. The van der Waals surface area contributed by atoms with E-state index in [0.717, 1.165) is 75.8 Å². The number of fused-ring (bicyclic) bond motifs is 1. The normalized spacial score (nSPS) is 18.6. The molecule has 2 aliphatic heterocycles. The fourth-order valence-corrected chi connectivity index (χ4v) is 5.78. The lowest BCUT2D eigenvalue weighted by Gasteiger charge is -2.29. The average molecular weight is 522 g/mol. The first kappa shape index (κ1) is 25.8. The molecule has 4 heterocycles. The minimum Gasteiger partial charge on any atom is -0.398 e. The fourth-order valence-electron chi connectivity index (χ4n) is 4.60. The fraction of sp³-hybridized carbons (Fsp3) is 0.429. The largest absolute Gasteiger partial charge is 0.398 e. The number of hydrogen-bond donors (Lipinski definition) is 1.